The van der Waals surface area contributed by atoms with Crippen LogP contribution in [0.4, 0.5) is 0 Å². The molecule has 4 aromatic carbocycles. The Hall–Kier alpha value is -4.48. The van der Waals surface area contributed by atoms with Gasteiger partial charge in [-0.05, 0) is 58.6 Å². The van der Waals surface area contributed by atoms with E-state index in [0.717, 1.165) is 45.1 Å². The maximum Gasteiger partial charge on any atom is 0.155 e. The fourth-order valence-corrected chi connectivity index (χ4v) is 6.18. The van der Waals surface area contributed by atoms with Crippen molar-refractivity contribution in [3.05, 3.63) is 145 Å². The van der Waals surface area contributed by atoms with Crippen LogP contribution < -0.4 is 0 Å². The molecule has 0 spiro atoms. The van der Waals surface area contributed by atoms with E-state index in [0.29, 0.717) is 0 Å². The molecule has 0 saturated carbocycles. The van der Waals surface area contributed by atoms with E-state index in [2.05, 4.69) is 70.2 Å². The molecule has 0 saturated heterocycles. The normalized spacial score (nSPS) is 10.8. The molecule has 0 N–H and O–H groups in total. The number of benzene rings is 4. The molecular formula is C36H24IrN4S-2. The molecule has 0 aliphatic heterocycles. The minimum absolute atomic E-state index is 0. The van der Waals surface area contributed by atoms with E-state index in [1.807, 2.05) is 79.9 Å². The van der Waals surface area contributed by atoms with E-state index in [-0.39, 0.29) is 20.1 Å². The van der Waals surface area contributed by atoms with E-state index in [1.54, 1.807) is 17.5 Å². The maximum absolute atomic E-state index is 5.02. The quantitative estimate of drug-likeness (QED) is 0.170. The topological polar surface area (TPSA) is 43.6 Å². The van der Waals surface area contributed by atoms with E-state index in [4.69, 9.17) is 9.97 Å². The van der Waals surface area contributed by atoms with Crippen LogP contribution in [-0.2, 0) is 20.1 Å². The standard InChI is InChI=1S/C25H16N3S.C11H8N.Ir/c1-16-14-21-25(26-15-16)28(17-8-3-2-4-9-17)24(27-21)20-12-7-11-19-18-10-5-6-13-22(18)29-23(19)20;1-2-6-10(7-3-1)11-8-4-5-9-12-11;/h2-11,13-15H,1H3;1-6,8-9H;/q2*-1;. The number of hydrogen-bond acceptors (Lipinski definition) is 4. The van der Waals surface area contributed by atoms with Crippen molar-refractivity contribution < 1.29 is 20.1 Å². The monoisotopic (exact) mass is 737 g/mol. The molecule has 0 aliphatic rings. The Morgan fingerprint density at radius 2 is 1.55 bits per heavy atom. The number of pyridine rings is 2. The summed E-state index contributed by atoms with van der Waals surface area (Å²) >= 11 is 1.80. The maximum atomic E-state index is 5.02. The van der Waals surface area contributed by atoms with Gasteiger partial charge in [0, 0.05) is 42.9 Å². The van der Waals surface area contributed by atoms with Crippen LogP contribution in [0.15, 0.2) is 128 Å². The van der Waals surface area contributed by atoms with Gasteiger partial charge >= 0.3 is 0 Å². The first-order valence-electron chi connectivity index (χ1n) is 13.4. The number of hydrogen-bond donors (Lipinski definition) is 0. The van der Waals surface area contributed by atoms with E-state index in [9.17, 15) is 0 Å². The summed E-state index contributed by atoms with van der Waals surface area (Å²) in [5, 5.41) is 2.52. The van der Waals surface area contributed by atoms with Gasteiger partial charge in [0.05, 0.1) is 11.3 Å². The summed E-state index contributed by atoms with van der Waals surface area (Å²) in [6.45, 7) is 2.05. The zero-order valence-electron chi connectivity index (χ0n) is 22.7. The molecule has 42 heavy (non-hydrogen) atoms. The molecule has 4 nitrogen and oxygen atoms in total. The second kappa shape index (κ2) is 12.2. The molecule has 0 bridgehead atoms. The average molecular weight is 737 g/mol. The molecule has 0 fully saturated rings. The molecule has 4 aromatic heterocycles. The van der Waals surface area contributed by atoms with E-state index >= 15 is 0 Å². The number of rotatable bonds is 3. The largest absolute Gasteiger partial charge is 0.318 e. The van der Waals surface area contributed by atoms with Crippen LogP contribution in [-0.4, -0.2) is 19.5 Å². The van der Waals surface area contributed by atoms with Crippen LogP contribution in [0.1, 0.15) is 5.56 Å². The minimum atomic E-state index is 0. The van der Waals surface area contributed by atoms with Gasteiger partial charge in [0.1, 0.15) is 0 Å². The van der Waals surface area contributed by atoms with Gasteiger partial charge in [0.25, 0.3) is 0 Å². The van der Waals surface area contributed by atoms with Crippen LogP contribution in [0, 0.1) is 19.1 Å². The van der Waals surface area contributed by atoms with Gasteiger partial charge in [0.15, 0.2) is 5.65 Å². The van der Waals surface area contributed by atoms with Gasteiger partial charge in [0.2, 0.25) is 0 Å². The first-order chi connectivity index (χ1) is 20.3. The van der Waals surface area contributed by atoms with Crippen LogP contribution in [0.5, 0.6) is 0 Å². The minimum Gasteiger partial charge on any atom is -0.318 e. The Morgan fingerprint density at radius 1 is 0.738 bits per heavy atom. The van der Waals surface area contributed by atoms with Gasteiger partial charge in [-0.2, -0.15) is 11.3 Å². The third-order valence-corrected chi connectivity index (χ3v) is 8.06. The predicted octanol–water partition coefficient (Wildman–Crippen LogP) is 9.11. The number of aryl methyl sites for hydroxylation is 1. The Labute approximate surface area is 261 Å². The Morgan fingerprint density at radius 3 is 2.36 bits per heavy atom. The summed E-state index contributed by atoms with van der Waals surface area (Å²) in [5.41, 5.74) is 6.94. The van der Waals surface area contributed by atoms with Crippen molar-refractivity contribution in [3.63, 3.8) is 0 Å². The van der Waals surface area contributed by atoms with Crippen molar-refractivity contribution in [1.29, 1.82) is 0 Å². The zero-order chi connectivity index (χ0) is 27.6. The number of thiophene rings is 1. The second-order valence-electron chi connectivity index (χ2n) is 9.65. The van der Waals surface area contributed by atoms with Crippen LogP contribution in [0.2, 0.25) is 0 Å². The summed E-state index contributed by atoms with van der Waals surface area (Å²) in [6, 6.07) is 45.4. The van der Waals surface area contributed by atoms with Crippen molar-refractivity contribution in [1.82, 2.24) is 19.5 Å². The molecular weight excluding hydrogens is 713 g/mol. The first-order valence-corrected chi connectivity index (χ1v) is 14.2. The number of para-hydroxylation sites is 1. The van der Waals surface area contributed by atoms with Crippen LogP contribution in [0.25, 0.3) is 59.7 Å². The van der Waals surface area contributed by atoms with Gasteiger partial charge < -0.3 is 9.55 Å². The molecule has 0 aliphatic carbocycles. The number of aromatic nitrogens is 4. The first kappa shape index (κ1) is 27.7. The third kappa shape index (κ3) is 5.28. The fraction of sp³-hybridized carbons (Fsp3) is 0.0278. The number of imidazole rings is 1. The smallest absolute Gasteiger partial charge is 0.155 e. The van der Waals surface area contributed by atoms with Crippen LogP contribution >= 0.6 is 11.3 Å². The van der Waals surface area contributed by atoms with Gasteiger partial charge in [-0.3, -0.25) is 4.98 Å². The van der Waals surface area contributed by atoms with E-state index in [1.165, 1.54) is 20.2 Å². The fourth-order valence-electron chi connectivity index (χ4n) is 4.99. The Bertz CT molecular complexity index is 2070. The third-order valence-electron chi connectivity index (χ3n) is 6.86. The predicted molar refractivity (Wildman–Crippen MR) is 169 cm³/mol. The second-order valence-corrected chi connectivity index (χ2v) is 10.7. The number of fused-ring (bicyclic) bond motifs is 4. The summed E-state index contributed by atoms with van der Waals surface area (Å²) in [4.78, 5) is 14.0. The summed E-state index contributed by atoms with van der Waals surface area (Å²) in [7, 11) is 0. The Balaban J connectivity index is 0.000000205. The van der Waals surface area contributed by atoms with Crippen LogP contribution in [0.3, 0.4) is 0 Å². The van der Waals surface area contributed by atoms with Gasteiger partial charge in [-0.25, -0.2) is 4.98 Å². The molecule has 205 valence electrons. The SMILES string of the molecule is Cc1cnc2c(c1)nc(-c1[c-]ccc3c1sc1ccccc13)n2-c1ccccc1.[Ir].[c-]1ccccc1-c1ccccn1. The molecule has 6 heteroatoms. The molecule has 0 unspecified atom stereocenters. The van der Waals surface area contributed by atoms with Crippen molar-refractivity contribution in [2.45, 2.75) is 6.92 Å². The summed E-state index contributed by atoms with van der Waals surface area (Å²) in [6.07, 6.45) is 3.69. The summed E-state index contributed by atoms with van der Waals surface area (Å²) < 4.78 is 4.63. The van der Waals surface area contributed by atoms with Crippen molar-refractivity contribution in [2.75, 3.05) is 0 Å². The summed E-state index contributed by atoms with van der Waals surface area (Å²) in [5.74, 6) is 0.876. The van der Waals surface area contributed by atoms with Crippen molar-refractivity contribution in [3.8, 4) is 28.3 Å². The average Bonchev–Trinajstić information content (AvgIpc) is 3.61. The van der Waals surface area contributed by atoms with Crippen molar-refractivity contribution in [2.24, 2.45) is 0 Å². The molecule has 4 heterocycles. The van der Waals surface area contributed by atoms with Gasteiger partial charge in [-0.1, -0.05) is 59.5 Å². The Kier molecular flexibility index (Phi) is 8.02. The van der Waals surface area contributed by atoms with E-state index < -0.39 is 0 Å². The molecule has 0 amide bonds. The molecule has 0 atom stereocenters. The molecule has 8 rings (SSSR count). The molecule has 1 radical (unpaired) electrons. The zero-order valence-corrected chi connectivity index (χ0v) is 25.9. The van der Waals surface area contributed by atoms with Crippen molar-refractivity contribution >= 4 is 42.7 Å². The number of nitrogens with zero attached hydrogens (tertiary/aromatic N) is 4. The molecule has 8 aromatic rings. The van der Waals surface area contributed by atoms with Gasteiger partial charge in [-0.15, -0.1) is 54.1 Å².